The number of nitrogens with zero attached hydrogens (tertiary/aromatic N) is 2. The molecule has 1 aliphatic heterocycles. The zero-order valence-corrected chi connectivity index (χ0v) is 38.4. The molecule has 2 N–H and O–H groups in total. The normalized spacial score (nSPS) is 43.9. The van der Waals surface area contributed by atoms with Gasteiger partial charge in [0.15, 0.2) is 0 Å². The summed E-state index contributed by atoms with van der Waals surface area (Å²) in [5.74, 6) is 5.51. The first-order valence-corrected chi connectivity index (χ1v) is 24.9. The molecule has 1 aromatic heterocycles. The van der Waals surface area contributed by atoms with Crippen LogP contribution in [0.5, 0.6) is 5.88 Å². The summed E-state index contributed by atoms with van der Waals surface area (Å²) in [5, 5.41) is 15.7. The standard InChI is InChI=1S/C49H75N3O3S2/c1-10-47(18-11-12-19-48(47,42(53)54)32-55-40-31-34(4)57-51-40)38-16-20-44(7)37(43(38,5)6)17-21-46(9)39(44)14-13-36-41-35(33(2)3)15-22-49(41,24-23-45(36,46)8)50-25-26-52-27-29-56-30-28-52/h11,16,18,31,35-37,39,41,50H,2,10,12-15,17,19-30,32H2,1,3-9H3,(H,53,54)/t35-,36+,37-,39+,41+,44-,45+,46+,47?,48?,49-/m0/s1. The highest BCUT2D eigenvalue weighted by atomic mass is 32.2. The van der Waals surface area contributed by atoms with Gasteiger partial charge in [-0.1, -0.05) is 77.5 Å². The van der Waals surface area contributed by atoms with Gasteiger partial charge in [-0.3, -0.25) is 4.79 Å². The Balaban J connectivity index is 1.10. The van der Waals surface area contributed by atoms with Crippen molar-refractivity contribution in [3.8, 4) is 5.88 Å². The molecule has 2 heterocycles. The minimum atomic E-state index is -1.06. The molecule has 8 heteroatoms. The number of aliphatic carboxylic acids is 1. The summed E-state index contributed by atoms with van der Waals surface area (Å²) in [6.45, 7) is 29.3. The fourth-order valence-electron chi connectivity index (χ4n) is 16.3. The minimum Gasteiger partial charge on any atom is -0.481 e. The molecule has 0 aromatic carbocycles. The molecular formula is C49H75N3O3S2. The lowest BCUT2D eigenvalue weighted by atomic mass is 9.32. The van der Waals surface area contributed by atoms with Crippen LogP contribution in [0, 0.1) is 69.0 Å². The first-order chi connectivity index (χ1) is 27.0. The van der Waals surface area contributed by atoms with E-state index in [4.69, 9.17) is 4.74 Å². The van der Waals surface area contributed by atoms with Crippen molar-refractivity contribution in [1.29, 1.82) is 0 Å². The molecule has 2 unspecified atom stereocenters. The fraction of sp³-hybridized carbons (Fsp3) is 0.796. The van der Waals surface area contributed by atoms with Crippen LogP contribution in [0.4, 0.5) is 0 Å². The van der Waals surface area contributed by atoms with Crippen molar-refractivity contribution >= 4 is 29.3 Å². The predicted octanol–water partition coefficient (Wildman–Crippen LogP) is 11.2. The second kappa shape index (κ2) is 15.1. The Hall–Kier alpha value is -1.61. The monoisotopic (exact) mass is 818 g/mol. The van der Waals surface area contributed by atoms with Crippen LogP contribution >= 0.6 is 23.3 Å². The van der Waals surface area contributed by atoms with Crippen LogP contribution in [-0.4, -0.2) is 70.2 Å². The molecule has 316 valence electrons. The molecule has 11 atom stereocenters. The van der Waals surface area contributed by atoms with E-state index in [1.165, 1.54) is 105 Å². The predicted molar refractivity (Wildman–Crippen MR) is 238 cm³/mol. The number of allylic oxidation sites excluding steroid dienone is 5. The summed E-state index contributed by atoms with van der Waals surface area (Å²) in [5.41, 5.74) is 1.89. The van der Waals surface area contributed by atoms with Gasteiger partial charge in [-0.25, -0.2) is 0 Å². The number of aromatic nitrogens is 1. The lowest BCUT2D eigenvalue weighted by Crippen LogP contribution is -2.68. The molecule has 4 saturated carbocycles. The molecule has 57 heavy (non-hydrogen) atoms. The highest BCUT2D eigenvalue weighted by Crippen LogP contribution is 2.77. The Morgan fingerprint density at radius 2 is 1.79 bits per heavy atom. The Morgan fingerprint density at radius 1 is 1.02 bits per heavy atom. The second-order valence-corrected chi connectivity index (χ2v) is 23.7. The maximum absolute atomic E-state index is 13.8. The average molecular weight is 818 g/mol. The van der Waals surface area contributed by atoms with E-state index < -0.39 is 16.8 Å². The zero-order chi connectivity index (χ0) is 40.6. The van der Waals surface area contributed by atoms with Crippen molar-refractivity contribution in [3.63, 3.8) is 0 Å². The van der Waals surface area contributed by atoms with Gasteiger partial charge in [-0.2, -0.15) is 16.1 Å². The Kier molecular flexibility index (Phi) is 11.1. The van der Waals surface area contributed by atoms with Gasteiger partial charge in [-0.15, -0.1) is 0 Å². The van der Waals surface area contributed by atoms with Crippen LogP contribution in [-0.2, 0) is 4.79 Å². The van der Waals surface area contributed by atoms with Crippen molar-refractivity contribution in [1.82, 2.24) is 14.6 Å². The summed E-state index contributed by atoms with van der Waals surface area (Å²) in [4.78, 5) is 17.6. The van der Waals surface area contributed by atoms with Crippen LogP contribution in [0.1, 0.15) is 130 Å². The molecule has 6 aliphatic carbocycles. The Labute approximate surface area is 354 Å². The number of ether oxygens (including phenoxy) is 1. The van der Waals surface area contributed by atoms with Crippen LogP contribution < -0.4 is 10.1 Å². The number of hydrogen-bond acceptors (Lipinski definition) is 7. The summed E-state index contributed by atoms with van der Waals surface area (Å²) < 4.78 is 10.9. The number of aryl methyl sites for hydroxylation is 1. The van der Waals surface area contributed by atoms with Crippen LogP contribution in [0.2, 0.25) is 0 Å². The number of nitrogens with one attached hydrogen (secondary N) is 1. The summed E-state index contributed by atoms with van der Waals surface area (Å²) >= 11 is 3.52. The summed E-state index contributed by atoms with van der Waals surface area (Å²) in [6, 6.07) is 1.94. The van der Waals surface area contributed by atoms with Gasteiger partial charge >= 0.3 is 5.97 Å². The molecule has 1 aromatic rings. The van der Waals surface area contributed by atoms with E-state index in [1.54, 1.807) is 0 Å². The third-order valence-electron chi connectivity index (χ3n) is 19.2. The lowest BCUT2D eigenvalue weighted by Gasteiger charge is -2.73. The van der Waals surface area contributed by atoms with Gasteiger partial charge in [0.25, 0.3) is 0 Å². The number of fused-ring (bicyclic) bond motifs is 7. The first kappa shape index (κ1) is 42.1. The average Bonchev–Trinajstić information content (AvgIpc) is 3.78. The molecule has 1 saturated heterocycles. The lowest BCUT2D eigenvalue weighted by molar-refractivity contribution is -0.222. The quantitative estimate of drug-likeness (QED) is 0.215. The number of hydrogen-bond donors (Lipinski definition) is 2. The third kappa shape index (κ3) is 6.26. The minimum absolute atomic E-state index is 0.138. The molecule has 7 aliphatic rings. The van der Waals surface area contributed by atoms with E-state index in [-0.39, 0.29) is 33.8 Å². The highest BCUT2D eigenvalue weighted by molar-refractivity contribution is 7.99. The van der Waals surface area contributed by atoms with Crippen molar-refractivity contribution in [2.24, 2.45) is 62.1 Å². The topological polar surface area (TPSA) is 74.7 Å². The molecular weight excluding hydrogens is 743 g/mol. The maximum Gasteiger partial charge on any atom is 0.314 e. The molecule has 8 rings (SSSR count). The smallest absolute Gasteiger partial charge is 0.314 e. The summed E-state index contributed by atoms with van der Waals surface area (Å²) in [6.07, 6.45) is 20.6. The number of thioether (sulfide) groups is 1. The van der Waals surface area contributed by atoms with Gasteiger partial charge in [0, 0.05) is 59.6 Å². The molecule has 0 spiro atoms. The van der Waals surface area contributed by atoms with Crippen molar-refractivity contribution < 1.29 is 14.6 Å². The van der Waals surface area contributed by atoms with Crippen LogP contribution in [0.25, 0.3) is 0 Å². The summed E-state index contributed by atoms with van der Waals surface area (Å²) in [7, 11) is 0. The van der Waals surface area contributed by atoms with Crippen LogP contribution in [0.15, 0.2) is 42.0 Å². The van der Waals surface area contributed by atoms with E-state index in [1.807, 2.05) is 13.0 Å². The van der Waals surface area contributed by atoms with Gasteiger partial charge < -0.3 is 20.1 Å². The second-order valence-electron chi connectivity index (χ2n) is 21.5. The van der Waals surface area contributed by atoms with Gasteiger partial charge in [0.2, 0.25) is 5.88 Å². The number of rotatable bonds is 11. The van der Waals surface area contributed by atoms with Crippen molar-refractivity contribution in [2.45, 2.75) is 138 Å². The van der Waals surface area contributed by atoms with E-state index in [0.29, 0.717) is 41.9 Å². The maximum atomic E-state index is 13.8. The number of carboxylic acids is 1. The van der Waals surface area contributed by atoms with Crippen molar-refractivity contribution in [3.05, 3.63) is 46.9 Å². The zero-order valence-electron chi connectivity index (χ0n) is 36.8. The Morgan fingerprint density at radius 3 is 2.47 bits per heavy atom. The van der Waals surface area contributed by atoms with Gasteiger partial charge in [-0.05, 0) is 154 Å². The van der Waals surface area contributed by atoms with Crippen molar-refractivity contribution in [2.75, 3.05) is 44.3 Å². The van der Waals surface area contributed by atoms with E-state index in [9.17, 15) is 9.90 Å². The molecule has 5 fully saturated rings. The molecule has 0 radical (unpaired) electrons. The third-order valence-corrected chi connectivity index (χ3v) is 20.8. The van der Waals surface area contributed by atoms with E-state index in [2.05, 4.69) is 99.6 Å². The largest absolute Gasteiger partial charge is 0.481 e. The Bertz CT molecular complexity index is 1760. The molecule has 6 nitrogen and oxygen atoms in total. The first-order valence-electron chi connectivity index (χ1n) is 22.9. The molecule has 0 bridgehead atoms. The van der Waals surface area contributed by atoms with Crippen LogP contribution in [0.3, 0.4) is 0 Å². The van der Waals surface area contributed by atoms with E-state index >= 15 is 0 Å². The molecule has 0 amide bonds. The fourth-order valence-corrected chi connectivity index (χ4v) is 17.7. The van der Waals surface area contributed by atoms with E-state index in [0.717, 1.165) is 30.7 Å². The number of carboxylic acid groups (broad SMARTS) is 1. The van der Waals surface area contributed by atoms with Gasteiger partial charge in [0.05, 0.1) is 0 Å². The van der Waals surface area contributed by atoms with Gasteiger partial charge in [0.1, 0.15) is 12.0 Å². The highest BCUT2D eigenvalue weighted by Gasteiger charge is 2.71. The number of carbonyl (C=O) groups is 1. The SMILES string of the molecule is C=C(C)[C@@H]1CC[C@]2(NCCN3CCSCC3)CC[C@]3(C)[C@H](CC[C@@H]4[C@@]5(C)CC=C(C6(CC)C=CCCC6(COc6cc(C)sn6)C(=O)O)C(C)(C)[C@@H]5CC[C@]43C)[C@@H]12.